The van der Waals surface area contributed by atoms with Gasteiger partial charge in [0.15, 0.2) is 0 Å². The van der Waals surface area contributed by atoms with E-state index < -0.39 is 5.97 Å². The number of hydrogen-bond donors (Lipinski definition) is 1. The van der Waals surface area contributed by atoms with E-state index in [9.17, 15) is 9.18 Å². The highest BCUT2D eigenvalue weighted by molar-refractivity contribution is 5.73. The van der Waals surface area contributed by atoms with Crippen molar-refractivity contribution in [2.45, 2.75) is 25.7 Å². The molecule has 3 unspecified atom stereocenters. The van der Waals surface area contributed by atoms with Crippen LogP contribution in [0.4, 0.5) is 4.39 Å². The normalized spacial score (nSPS) is 23.5. The van der Waals surface area contributed by atoms with Crippen LogP contribution < -0.4 is 4.74 Å². The molecule has 1 aliphatic rings. The van der Waals surface area contributed by atoms with Crippen molar-refractivity contribution >= 4 is 5.97 Å². The van der Waals surface area contributed by atoms with Gasteiger partial charge >= 0.3 is 5.97 Å². The molecule has 98 valence electrons. The summed E-state index contributed by atoms with van der Waals surface area (Å²) in [6.45, 7) is 1.98. The molecule has 0 aliphatic heterocycles. The van der Waals surface area contributed by atoms with Crippen LogP contribution in [0, 0.1) is 17.7 Å². The Bertz CT molecular complexity index is 458. The number of rotatable bonds is 5. The van der Waals surface area contributed by atoms with E-state index in [2.05, 4.69) is 0 Å². The van der Waals surface area contributed by atoms with E-state index in [-0.39, 0.29) is 23.6 Å². The summed E-state index contributed by atoms with van der Waals surface area (Å²) in [5, 5.41) is 8.87. The van der Waals surface area contributed by atoms with E-state index in [0.717, 1.165) is 18.4 Å². The first-order valence-electron chi connectivity index (χ1n) is 6.09. The van der Waals surface area contributed by atoms with Crippen molar-refractivity contribution in [1.82, 2.24) is 0 Å². The van der Waals surface area contributed by atoms with Gasteiger partial charge in [-0.1, -0.05) is 6.92 Å². The van der Waals surface area contributed by atoms with Gasteiger partial charge in [0.25, 0.3) is 0 Å². The van der Waals surface area contributed by atoms with Gasteiger partial charge in [0, 0.05) is 0 Å². The number of ether oxygens (including phenoxy) is 1. The highest BCUT2D eigenvalue weighted by Gasteiger charge is 2.43. The lowest BCUT2D eigenvalue weighted by Gasteiger charge is -2.15. The van der Waals surface area contributed by atoms with E-state index in [1.807, 2.05) is 6.92 Å². The number of benzene rings is 1. The molecular weight excluding hydrogens is 235 g/mol. The van der Waals surface area contributed by atoms with Crippen LogP contribution in [0.3, 0.4) is 0 Å². The van der Waals surface area contributed by atoms with Crippen LogP contribution in [0.5, 0.6) is 5.75 Å². The molecule has 0 saturated heterocycles. The molecule has 0 amide bonds. The van der Waals surface area contributed by atoms with Crippen molar-refractivity contribution in [2.24, 2.45) is 11.8 Å². The number of aliphatic carboxylic acids is 1. The molecule has 0 radical (unpaired) electrons. The van der Waals surface area contributed by atoms with Crippen LogP contribution in [-0.4, -0.2) is 18.2 Å². The number of carboxylic acids is 1. The Kier molecular flexibility index (Phi) is 3.55. The molecule has 1 aromatic carbocycles. The van der Waals surface area contributed by atoms with Gasteiger partial charge in [0.05, 0.1) is 13.0 Å². The largest absolute Gasteiger partial charge is 0.496 e. The minimum Gasteiger partial charge on any atom is -0.496 e. The van der Waals surface area contributed by atoms with Gasteiger partial charge in [-0.05, 0) is 48.4 Å². The molecule has 0 aromatic heterocycles. The number of hydrogen-bond acceptors (Lipinski definition) is 2. The third-order valence-electron chi connectivity index (χ3n) is 3.62. The van der Waals surface area contributed by atoms with Crippen molar-refractivity contribution in [3.05, 3.63) is 29.6 Å². The van der Waals surface area contributed by atoms with Crippen molar-refractivity contribution in [3.63, 3.8) is 0 Å². The van der Waals surface area contributed by atoms with E-state index in [0.29, 0.717) is 5.75 Å². The summed E-state index contributed by atoms with van der Waals surface area (Å²) in [5.74, 6) is -0.249. The zero-order chi connectivity index (χ0) is 13.3. The van der Waals surface area contributed by atoms with E-state index in [4.69, 9.17) is 9.84 Å². The SMILES string of the molecule is COc1ccc(F)cc1C(C)CC1CC1C(=O)O. The lowest BCUT2D eigenvalue weighted by Crippen LogP contribution is -2.04. The zero-order valence-corrected chi connectivity index (χ0v) is 10.5. The summed E-state index contributed by atoms with van der Waals surface area (Å²) in [5.41, 5.74) is 0.813. The van der Waals surface area contributed by atoms with Gasteiger partial charge in [-0.2, -0.15) is 0 Å². The first-order chi connectivity index (χ1) is 8.52. The third-order valence-corrected chi connectivity index (χ3v) is 3.62. The second-order valence-corrected chi connectivity index (χ2v) is 4.96. The molecule has 0 heterocycles. The summed E-state index contributed by atoms with van der Waals surface area (Å²) >= 11 is 0. The topological polar surface area (TPSA) is 46.5 Å². The molecule has 1 aromatic rings. The lowest BCUT2D eigenvalue weighted by atomic mass is 9.94. The fourth-order valence-corrected chi connectivity index (χ4v) is 2.48. The summed E-state index contributed by atoms with van der Waals surface area (Å²) in [4.78, 5) is 10.8. The first-order valence-corrected chi connectivity index (χ1v) is 6.09. The minimum absolute atomic E-state index is 0.102. The minimum atomic E-state index is -0.724. The van der Waals surface area contributed by atoms with Gasteiger partial charge < -0.3 is 9.84 Å². The van der Waals surface area contributed by atoms with Gasteiger partial charge in [0.1, 0.15) is 11.6 Å². The van der Waals surface area contributed by atoms with Crippen LogP contribution in [0.2, 0.25) is 0 Å². The van der Waals surface area contributed by atoms with Gasteiger partial charge in [0.2, 0.25) is 0 Å². The zero-order valence-electron chi connectivity index (χ0n) is 10.5. The highest BCUT2D eigenvalue weighted by atomic mass is 19.1. The quantitative estimate of drug-likeness (QED) is 0.876. The second-order valence-electron chi connectivity index (χ2n) is 4.96. The molecule has 0 spiro atoms. The second kappa shape index (κ2) is 4.96. The number of methoxy groups -OCH3 is 1. The molecule has 3 atom stereocenters. The summed E-state index contributed by atoms with van der Waals surface area (Å²) in [6, 6.07) is 4.45. The molecule has 1 N–H and O–H groups in total. The number of halogens is 1. The van der Waals surface area contributed by atoms with E-state index in [1.165, 1.54) is 12.1 Å². The van der Waals surface area contributed by atoms with Gasteiger partial charge in [-0.3, -0.25) is 4.79 Å². The summed E-state index contributed by atoms with van der Waals surface area (Å²) in [6.07, 6.45) is 1.49. The molecule has 18 heavy (non-hydrogen) atoms. The Morgan fingerprint density at radius 2 is 2.33 bits per heavy atom. The molecule has 1 aliphatic carbocycles. The standard InChI is InChI=1S/C14H17FO3/c1-8(5-9-6-12(9)14(16)17)11-7-10(15)3-4-13(11)18-2/h3-4,7-9,12H,5-6H2,1-2H3,(H,16,17). The first kappa shape index (κ1) is 12.9. The van der Waals surface area contributed by atoms with Gasteiger partial charge in [-0.25, -0.2) is 4.39 Å². The molecule has 2 rings (SSSR count). The fraction of sp³-hybridized carbons (Fsp3) is 0.500. The number of carboxylic acid groups (broad SMARTS) is 1. The van der Waals surface area contributed by atoms with Crippen LogP contribution in [-0.2, 0) is 4.79 Å². The van der Waals surface area contributed by atoms with Gasteiger partial charge in [-0.15, -0.1) is 0 Å². The van der Waals surface area contributed by atoms with E-state index in [1.54, 1.807) is 13.2 Å². The third kappa shape index (κ3) is 2.63. The molecule has 4 heteroatoms. The Morgan fingerprint density at radius 1 is 1.61 bits per heavy atom. The molecule has 1 fully saturated rings. The predicted octanol–water partition coefficient (Wildman–Crippen LogP) is 3.05. The maximum Gasteiger partial charge on any atom is 0.306 e. The average molecular weight is 252 g/mol. The van der Waals surface area contributed by atoms with Crippen molar-refractivity contribution in [2.75, 3.05) is 7.11 Å². The number of carbonyl (C=O) groups is 1. The Labute approximate surface area is 106 Å². The Hall–Kier alpha value is -1.58. The van der Waals surface area contributed by atoms with Crippen molar-refractivity contribution < 1.29 is 19.0 Å². The maximum atomic E-state index is 13.3. The van der Waals surface area contributed by atoms with Crippen LogP contribution in [0.15, 0.2) is 18.2 Å². The van der Waals surface area contributed by atoms with Crippen LogP contribution in [0.1, 0.15) is 31.2 Å². The highest BCUT2D eigenvalue weighted by Crippen LogP contribution is 2.46. The average Bonchev–Trinajstić information content (AvgIpc) is 3.08. The molecule has 1 saturated carbocycles. The molecule has 0 bridgehead atoms. The maximum absolute atomic E-state index is 13.3. The fourth-order valence-electron chi connectivity index (χ4n) is 2.48. The van der Waals surface area contributed by atoms with Crippen LogP contribution in [0.25, 0.3) is 0 Å². The molecular formula is C14H17FO3. The lowest BCUT2D eigenvalue weighted by molar-refractivity contribution is -0.138. The predicted molar refractivity (Wildman–Crippen MR) is 65.2 cm³/mol. The Balaban J connectivity index is 2.07. The van der Waals surface area contributed by atoms with Crippen LogP contribution >= 0.6 is 0 Å². The molecule has 3 nitrogen and oxygen atoms in total. The smallest absolute Gasteiger partial charge is 0.306 e. The van der Waals surface area contributed by atoms with Crippen molar-refractivity contribution in [3.8, 4) is 5.75 Å². The summed E-state index contributed by atoms with van der Waals surface area (Å²) < 4.78 is 18.5. The Morgan fingerprint density at radius 3 is 2.89 bits per heavy atom. The summed E-state index contributed by atoms with van der Waals surface area (Å²) in [7, 11) is 1.56. The monoisotopic (exact) mass is 252 g/mol. The van der Waals surface area contributed by atoms with E-state index >= 15 is 0 Å². The van der Waals surface area contributed by atoms with Crippen molar-refractivity contribution in [1.29, 1.82) is 0 Å².